The van der Waals surface area contributed by atoms with E-state index in [2.05, 4.69) is 4.98 Å². The third kappa shape index (κ3) is 2.94. The number of aromatic nitrogens is 1. The summed E-state index contributed by atoms with van der Waals surface area (Å²) in [5.74, 6) is -0.00432. The Labute approximate surface area is 125 Å². The number of nitrogens with zero attached hydrogens (tertiary/aromatic N) is 2. The second kappa shape index (κ2) is 5.73. The summed E-state index contributed by atoms with van der Waals surface area (Å²) in [7, 11) is 0. The van der Waals surface area contributed by atoms with Crippen molar-refractivity contribution in [3.8, 4) is 0 Å². The Morgan fingerprint density at radius 1 is 1.57 bits per heavy atom. The molecule has 5 heteroatoms. The molecular formula is C16H22N2O3. The molecule has 5 nitrogen and oxygen atoms in total. The smallest absolute Gasteiger partial charge is 0.272 e. The fraction of sp³-hybridized carbons (Fsp3) is 0.625. The monoisotopic (exact) mass is 290 g/mol. The molecule has 0 aromatic carbocycles. The third-order valence-corrected chi connectivity index (χ3v) is 4.31. The second-order valence-corrected chi connectivity index (χ2v) is 5.97. The number of rotatable bonds is 3. The summed E-state index contributed by atoms with van der Waals surface area (Å²) < 4.78 is 11.6. The Balaban J connectivity index is 1.64. The fourth-order valence-electron chi connectivity index (χ4n) is 3.20. The zero-order chi connectivity index (χ0) is 14.9. The lowest BCUT2D eigenvalue weighted by molar-refractivity contribution is 0.00387. The third-order valence-electron chi connectivity index (χ3n) is 4.31. The summed E-state index contributed by atoms with van der Waals surface area (Å²) in [6.07, 6.45) is 3.67. The van der Waals surface area contributed by atoms with Crippen molar-refractivity contribution in [2.75, 3.05) is 26.3 Å². The molecule has 21 heavy (non-hydrogen) atoms. The van der Waals surface area contributed by atoms with Gasteiger partial charge in [-0.3, -0.25) is 9.78 Å². The molecule has 2 aliphatic rings. The minimum Gasteiger partial charge on any atom is -0.376 e. The molecule has 1 amide bonds. The van der Waals surface area contributed by atoms with E-state index in [1.165, 1.54) is 0 Å². The van der Waals surface area contributed by atoms with Gasteiger partial charge in [0.25, 0.3) is 5.91 Å². The molecule has 2 saturated heterocycles. The van der Waals surface area contributed by atoms with Crippen molar-refractivity contribution in [1.29, 1.82) is 0 Å². The van der Waals surface area contributed by atoms with Gasteiger partial charge in [-0.05, 0) is 31.9 Å². The molecule has 2 atom stereocenters. The van der Waals surface area contributed by atoms with E-state index in [0.717, 1.165) is 24.9 Å². The van der Waals surface area contributed by atoms with E-state index in [4.69, 9.17) is 9.47 Å². The molecule has 0 unspecified atom stereocenters. The van der Waals surface area contributed by atoms with Crippen molar-refractivity contribution in [3.05, 3.63) is 29.6 Å². The molecule has 1 aromatic heterocycles. The molecule has 1 aromatic rings. The lowest BCUT2D eigenvalue weighted by atomic mass is 9.98. The molecule has 0 bridgehead atoms. The molecule has 3 heterocycles. The molecule has 0 aliphatic carbocycles. The van der Waals surface area contributed by atoms with E-state index in [1.807, 2.05) is 24.8 Å². The highest BCUT2D eigenvalue weighted by molar-refractivity contribution is 5.92. The molecule has 0 saturated carbocycles. The summed E-state index contributed by atoms with van der Waals surface area (Å²) >= 11 is 0. The number of aryl methyl sites for hydroxylation is 1. The van der Waals surface area contributed by atoms with Gasteiger partial charge in [-0.1, -0.05) is 6.07 Å². The highest BCUT2D eigenvalue weighted by Gasteiger charge is 2.47. The van der Waals surface area contributed by atoms with E-state index in [0.29, 0.717) is 25.5 Å². The van der Waals surface area contributed by atoms with Crippen LogP contribution in [0, 0.1) is 6.92 Å². The number of likely N-dealkylation sites (tertiary alicyclic amines) is 1. The molecule has 114 valence electrons. The quantitative estimate of drug-likeness (QED) is 0.852. The van der Waals surface area contributed by atoms with Gasteiger partial charge in [-0.2, -0.15) is 0 Å². The minimum absolute atomic E-state index is 0.00432. The van der Waals surface area contributed by atoms with Crippen molar-refractivity contribution in [3.63, 3.8) is 0 Å². The Kier molecular flexibility index (Phi) is 3.95. The van der Waals surface area contributed by atoms with Crippen molar-refractivity contribution in [2.45, 2.75) is 38.4 Å². The van der Waals surface area contributed by atoms with E-state index in [1.54, 1.807) is 12.3 Å². The molecule has 2 fully saturated rings. The van der Waals surface area contributed by atoms with Gasteiger partial charge in [0.1, 0.15) is 5.69 Å². The van der Waals surface area contributed by atoms with Gasteiger partial charge >= 0.3 is 0 Å². The maximum Gasteiger partial charge on any atom is 0.272 e. The number of carbonyl (C=O) groups is 1. The maximum atomic E-state index is 12.5. The summed E-state index contributed by atoms with van der Waals surface area (Å²) in [5, 5.41) is 0. The number of hydrogen-bond donors (Lipinski definition) is 0. The first-order valence-corrected chi connectivity index (χ1v) is 7.59. The molecule has 0 radical (unpaired) electrons. The SMILES string of the molecule is CCO[C@@H]1CO[C@@]2(CCN(C(=O)c3ccc(C)cn3)C2)C1. The number of hydrogen-bond acceptors (Lipinski definition) is 4. The Hall–Kier alpha value is -1.46. The van der Waals surface area contributed by atoms with Crippen LogP contribution in [0.25, 0.3) is 0 Å². The van der Waals surface area contributed by atoms with Gasteiger partial charge < -0.3 is 14.4 Å². The second-order valence-electron chi connectivity index (χ2n) is 5.97. The number of ether oxygens (including phenoxy) is 2. The number of amides is 1. The van der Waals surface area contributed by atoms with Crippen LogP contribution >= 0.6 is 0 Å². The van der Waals surface area contributed by atoms with Crippen molar-refractivity contribution >= 4 is 5.91 Å². The van der Waals surface area contributed by atoms with Crippen LogP contribution in [-0.4, -0.2) is 53.8 Å². The number of pyridine rings is 1. The Bertz CT molecular complexity index is 517. The lowest BCUT2D eigenvalue weighted by Crippen LogP contribution is -2.36. The highest BCUT2D eigenvalue weighted by atomic mass is 16.6. The molecule has 2 aliphatic heterocycles. The average molecular weight is 290 g/mol. The van der Waals surface area contributed by atoms with Gasteiger partial charge in [0.05, 0.1) is 24.9 Å². The highest BCUT2D eigenvalue weighted by Crippen LogP contribution is 2.36. The van der Waals surface area contributed by atoms with E-state index < -0.39 is 0 Å². The molecular weight excluding hydrogens is 268 g/mol. The zero-order valence-corrected chi connectivity index (χ0v) is 12.7. The van der Waals surface area contributed by atoms with Gasteiger partial charge in [0.2, 0.25) is 0 Å². The van der Waals surface area contributed by atoms with Crippen molar-refractivity contribution in [1.82, 2.24) is 9.88 Å². The summed E-state index contributed by atoms with van der Waals surface area (Å²) in [4.78, 5) is 18.6. The van der Waals surface area contributed by atoms with Crippen LogP contribution in [-0.2, 0) is 9.47 Å². The van der Waals surface area contributed by atoms with E-state index in [-0.39, 0.29) is 17.6 Å². The van der Waals surface area contributed by atoms with Crippen molar-refractivity contribution < 1.29 is 14.3 Å². The van der Waals surface area contributed by atoms with Gasteiger partial charge in [-0.15, -0.1) is 0 Å². The number of carbonyl (C=O) groups excluding carboxylic acids is 1. The first-order valence-electron chi connectivity index (χ1n) is 7.59. The largest absolute Gasteiger partial charge is 0.376 e. The summed E-state index contributed by atoms with van der Waals surface area (Å²) in [6.45, 7) is 6.68. The Morgan fingerprint density at radius 2 is 2.43 bits per heavy atom. The standard InChI is InChI=1S/C16H22N2O3/c1-3-20-13-8-16(21-10-13)6-7-18(11-16)15(19)14-5-4-12(2)9-17-14/h4-5,9,13H,3,6-8,10-11H2,1-2H3/t13-,16-/m0/s1. The van der Waals surface area contributed by atoms with Crippen LogP contribution in [0.15, 0.2) is 18.3 Å². The van der Waals surface area contributed by atoms with Crippen LogP contribution in [0.2, 0.25) is 0 Å². The maximum absolute atomic E-state index is 12.5. The van der Waals surface area contributed by atoms with Crippen LogP contribution in [0.4, 0.5) is 0 Å². The summed E-state index contributed by atoms with van der Waals surface area (Å²) in [5.41, 5.74) is 1.36. The van der Waals surface area contributed by atoms with Gasteiger partial charge in [0, 0.05) is 25.8 Å². The predicted octanol–water partition coefficient (Wildman–Crippen LogP) is 1.80. The van der Waals surface area contributed by atoms with Crippen molar-refractivity contribution in [2.24, 2.45) is 0 Å². The predicted molar refractivity (Wildman–Crippen MR) is 78.2 cm³/mol. The normalized spacial score (nSPS) is 28.5. The zero-order valence-electron chi connectivity index (χ0n) is 12.7. The summed E-state index contributed by atoms with van der Waals surface area (Å²) in [6, 6.07) is 3.71. The van der Waals surface area contributed by atoms with Crippen LogP contribution in [0.5, 0.6) is 0 Å². The molecule has 0 N–H and O–H groups in total. The average Bonchev–Trinajstić information content (AvgIpc) is 3.07. The van der Waals surface area contributed by atoms with E-state index in [9.17, 15) is 4.79 Å². The van der Waals surface area contributed by atoms with Crippen LogP contribution in [0.1, 0.15) is 35.8 Å². The topological polar surface area (TPSA) is 51.7 Å². The molecule has 1 spiro atoms. The molecule has 3 rings (SSSR count). The van der Waals surface area contributed by atoms with Gasteiger partial charge in [0.15, 0.2) is 0 Å². The fourth-order valence-corrected chi connectivity index (χ4v) is 3.20. The van der Waals surface area contributed by atoms with Crippen LogP contribution in [0.3, 0.4) is 0 Å². The lowest BCUT2D eigenvalue weighted by Gasteiger charge is -2.23. The van der Waals surface area contributed by atoms with Crippen LogP contribution < -0.4 is 0 Å². The first kappa shape index (κ1) is 14.5. The van der Waals surface area contributed by atoms with E-state index >= 15 is 0 Å². The Morgan fingerprint density at radius 3 is 3.14 bits per heavy atom. The first-order chi connectivity index (χ1) is 10.1. The van der Waals surface area contributed by atoms with Gasteiger partial charge in [-0.25, -0.2) is 0 Å². The minimum atomic E-state index is -0.208.